The van der Waals surface area contributed by atoms with Crippen molar-refractivity contribution in [3.05, 3.63) is 47.3 Å². The van der Waals surface area contributed by atoms with E-state index < -0.39 is 40.9 Å². The van der Waals surface area contributed by atoms with Gasteiger partial charge in [-0.05, 0) is 26.8 Å². The number of hydrogen-bond acceptors (Lipinski definition) is 6. The summed E-state index contributed by atoms with van der Waals surface area (Å²) in [7, 11) is 0. The summed E-state index contributed by atoms with van der Waals surface area (Å²) in [5.41, 5.74) is 3.05. The summed E-state index contributed by atoms with van der Waals surface area (Å²) in [6.45, 7) is 4.87. The van der Waals surface area contributed by atoms with Crippen molar-refractivity contribution < 1.29 is 26.7 Å². The Morgan fingerprint density at radius 2 is 2.03 bits per heavy atom. The third-order valence-electron chi connectivity index (χ3n) is 6.68. The molecule has 2 N–H and O–H groups in total. The van der Waals surface area contributed by atoms with Crippen molar-refractivity contribution in [1.29, 1.82) is 5.26 Å². The minimum atomic E-state index is -4.73. The van der Waals surface area contributed by atoms with Crippen LogP contribution in [0.2, 0.25) is 0 Å². The van der Waals surface area contributed by atoms with Crippen LogP contribution in [0.3, 0.4) is 0 Å². The minimum absolute atomic E-state index is 0.0133. The van der Waals surface area contributed by atoms with Gasteiger partial charge in [0, 0.05) is 42.5 Å². The number of rotatable bonds is 6. The number of halogens is 5. The average Bonchev–Trinajstić information content (AvgIpc) is 3.37. The van der Waals surface area contributed by atoms with Crippen molar-refractivity contribution in [2.75, 3.05) is 18.0 Å². The Labute approximate surface area is 203 Å². The third kappa shape index (κ3) is 4.47. The highest BCUT2D eigenvalue weighted by Gasteiger charge is 2.47. The molecule has 0 aliphatic carbocycles. The van der Waals surface area contributed by atoms with E-state index in [2.05, 4.69) is 21.7 Å². The topological polar surface area (TPSA) is 98.3 Å². The van der Waals surface area contributed by atoms with Crippen LogP contribution in [0.5, 0.6) is 0 Å². The predicted molar refractivity (Wildman–Crippen MR) is 120 cm³/mol. The molecule has 1 amide bonds. The molecule has 0 saturated carbocycles. The first-order valence-electron chi connectivity index (χ1n) is 11.2. The van der Waals surface area contributed by atoms with Crippen molar-refractivity contribution in [3.8, 4) is 6.07 Å². The number of benzene rings is 1. The standard InChI is InChI=1S/C23H24F5N7O/c1-12-20(13(2)33-32-12)15-8-30-35(9-15)22(4-5-29)10-34(11-22)19-7-17(24)16(6-18(19)25)21(36)31-14(3)23(26,27)28/h6-9,12,14,20,32H,4,10-11H2,1-3H3,(H,31,36)/t12?,14-,20?/m0/s1. The molecule has 2 unspecified atom stereocenters. The van der Waals surface area contributed by atoms with Crippen LogP contribution in [-0.2, 0) is 5.54 Å². The zero-order valence-electron chi connectivity index (χ0n) is 19.7. The second-order valence-electron chi connectivity index (χ2n) is 9.30. The molecular weight excluding hydrogens is 485 g/mol. The Balaban J connectivity index is 1.53. The normalized spacial score (nSPS) is 21.8. The quantitative estimate of drug-likeness (QED) is 0.582. The van der Waals surface area contributed by atoms with E-state index in [-0.39, 0.29) is 37.2 Å². The monoisotopic (exact) mass is 509 g/mol. The number of carbonyl (C=O) groups excluding carboxylic acids is 1. The molecule has 13 heteroatoms. The average molecular weight is 509 g/mol. The molecule has 192 valence electrons. The smallest absolute Gasteiger partial charge is 0.364 e. The number of alkyl halides is 3. The highest BCUT2D eigenvalue weighted by atomic mass is 19.4. The second-order valence-corrected chi connectivity index (χ2v) is 9.30. The maximum atomic E-state index is 14.8. The Morgan fingerprint density at radius 3 is 2.61 bits per heavy atom. The van der Waals surface area contributed by atoms with Crippen LogP contribution in [0.1, 0.15) is 49.0 Å². The molecule has 2 aromatic rings. The molecule has 0 bridgehead atoms. The van der Waals surface area contributed by atoms with E-state index in [0.29, 0.717) is 13.0 Å². The molecular formula is C23H24F5N7O. The van der Waals surface area contributed by atoms with Crippen molar-refractivity contribution in [2.24, 2.45) is 5.10 Å². The number of anilines is 1. The molecule has 1 aromatic heterocycles. The summed E-state index contributed by atoms with van der Waals surface area (Å²) >= 11 is 0. The number of carbonyl (C=O) groups is 1. The molecule has 8 nitrogen and oxygen atoms in total. The minimum Gasteiger partial charge on any atom is -0.364 e. The van der Waals surface area contributed by atoms with Gasteiger partial charge in [0.25, 0.3) is 5.91 Å². The first-order valence-corrected chi connectivity index (χ1v) is 11.2. The lowest BCUT2D eigenvalue weighted by Crippen LogP contribution is -2.63. The second kappa shape index (κ2) is 9.07. The third-order valence-corrected chi connectivity index (χ3v) is 6.68. The summed E-state index contributed by atoms with van der Waals surface area (Å²) in [6, 6.07) is 1.32. The Hall–Kier alpha value is -3.69. The molecule has 1 fully saturated rings. The van der Waals surface area contributed by atoms with Gasteiger partial charge in [-0.15, -0.1) is 0 Å². The zero-order valence-corrected chi connectivity index (χ0v) is 19.7. The molecule has 36 heavy (non-hydrogen) atoms. The van der Waals surface area contributed by atoms with Crippen LogP contribution in [0.15, 0.2) is 29.6 Å². The largest absolute Gasteiger partial charge is 0.408 e. The van der Waals surface area contributed by atoms with Crippen LogP contribution in [0.4, 0.5) is 27.6 Å². The highest BCUT2D eigenvalue weighted by Crippen LogP contribution is 2.38. The van der Waals surface area contributed by atoms with Gasteiger partial charge in [-0.25, -0.2) is 8.78 Å². The SMILES string of the molecule is CC1=NNC(C)C1c1cnn(C2(CC#N)CN(c3cc(F)c(C(=O)N[C@@H](C)C(F)(F)F)cc3F)C2)c1. The number of nitrogens with zero attached hydrogens (tertiary/aromatic N) is 5. The zero-order chi connectivity index (χ0) is 26.4. The maximum Gasteiger partial charge on any atom is 0.408 e. The van der Waals surface area contributed by atoms with Gasteiger partial charge in [0.1, 0.15) is 23.2 Å². The van der Waals surface area contributed by atoms with Gasteiger partial charge >= 0.3 is 6.18 Å². The lowest BCUT2D eigenvalue weighted by atomic mass is 9.85. The summed E-state index contributed by atoms with van der Waals surface area (Å²) < 4.78 is 69.3. The Morgan fingerprint density at radius 1 is 1.33 bits per heavy atom. The van der Waals surface area contributed by atoms with Crippen molar-refractivity contribution in [1.82, 2.24) is 20.5 Å². The van der Waals surface area contributed by atoms with E-state index in [1.165, 1.54) is 4.90 Å². The summed E-state index contributed by atoms with van der Waals surface area (Å²) in [5, 5.41) is 19.7. The molecule has 3 atom stereocenters. The number of hydrazone groups is 1. The fourth-order valence-electron chi connectivity index (χ4n) is 4.62. The van der Waals surface area contributed by atoms with Gasteiger partial charge in [-0.2, -0.15) is 28.6 Å². The fraction of sp³-hybridized carbons (Fsp3) is 0.478. The maximum absolute atomic E-state index is 14.8. The lowest BCUT2D eigenvalue weighted by molar-refractivity contribution is -0.149. The van der Waals surface area contributed by atoms with E-state index in [4.69, 9.17) is 0 Å². The number of aromatic nitrogens is 2. The van der Waals surface area contributed by atoms with Crippen LogP contribution in [-0.4, -0.2) is 52.7 Å². The molecule has 4 rings (SSSR count). The number of nitrogens with one attached hydrogen (secondary N) is 2. The molecule has 1 saturated heterocycles. The van der Waals surface area contributed by atoms with Crippen molar-refractivity contribution in [3.63, 3.8) is 0 Å². The van der Waals surface area contributed by atoms with E-state index >= 15 is 0 Å². The highest BCUT2D eigenvalue weighted by molar-refractivity contribution is 5.95. The molecule has 0 radical (unpaired) electrons. The summed E-state index contributed by atoms with van der Waals surface area (Å²) in [4.78, 5) is 13.6. The first-order chi connectivity index (χ1) is 16.9. The molecule has 2 aliphatic rings. The number of amides is 1. The fourth-order valence-corrected chi connectivity index (χ4v) is 4.62. The van der Waals surface area contributed by atoms with E-state index in [1.807, 2.05) is 20.0 Å². The van der Waals surface area contributed by atoms with Gasteiger partial charge in [-0.1, -0.05) is 0 Å². The van der Waals surface area contributed by atoms with Crippen LogP contribution in [0.25, 0.3) is 0 Å². The predicted octanol–water partition coefficient (Wildman–Crippen LogP) is 3.42. The first kappa shape index (κ1) is 25.4. The number of nitriles is 1. The van der Waals surface area contributed by atoms with Gasteiger partial charge in [0.2, 0.25) is 0 Å². The van der Waals surface area contributed by atoms with Crippen molar-refractivity contribution >= 4 is 17.3 Å². The number of hydrogen-bond donors (Lipinski definition) is 2. The molecule has 0 spiro atoms. The molecule has 3 heterocycles. The molecule has 1 aromatic carbocycles. The lowest BCUT2D eigenvalue weighted by Gasteiger charge is -2.50. The van der Waals surface area contributed by atoms with E-state index in [9.17, 15) is 32.0 Å². The van der Waals surface area contributed by atoms with Gasteiger partial charge < -0.3 is 15.6 Å². The van der Waals surface area contributed by atoms with Gasteiger partial charge in [-0.3, -0.25) is 9.48 Å². The Kier molecular flexibility index (Phi) is 6.40. The Bertz CT molecular complexity index is 1240. The summed E-state index contributed by atoms with van der Waals surface area (Å²) in [6.07, 6.45) is -1.13. The van der Waals surface area contributed by atoms with Crippen LogP contribution < -0.4 is 15.6 Å². The van der Waals surface area contributed by atoms with Crippen LogP contribution >= 0.6 is 0 Å². The van der Waals surface area contributed by atoms with Crippen molar-refractivity contribution in [2.45, 2.75) is 56.9 Å². The van der Waals surface area contributed by atoms with Gasteiger partial charge in [0.15, 0.2) is 0 Å². The summed E-state index contributed by atoms with van der Waals surface area (Å²) in [5.74, 6) is -3.48. The van der Waals surface area contributed by atoms with E-state index in [1.54, 1.807) is 16.2 Å². The van der Waals surface area contributed by atoms with Gasteiger partial charge in [0.05, 0.1) is 36.0 Å². The van der Waals surface area contributed by atoms with Crippen LogP contribution in [0, 0.1) is 23.0 Å². The molecule has 2 aliphatic heterocycles. The van der Waals surface area contributed by atoms with E-state index in [0.717, 1.165) is 17.3 Å².